The van der Waals surface area contributed by atoms with E-state index in [4.69, 9.17) is 20.8 Å². The molecule has 5 heteroatoms. The molecule has 2 heterocycles. The van der Waals surface area contributed by atoms with E-state index in [-0.39, 0.29) is 12.2 Å². The van der Waals surface area contributed by atoms with Gasteiger partial charge in [0.1, 0.15) is 5.58 Å². The van der Waals surface area contributed by atoms with E-state index in [2.05, 4.69) is 4.98 Å². The first kappa shape index (κ1) is 13.6. The van der Waals surface area contributed by atoms with Crippen molar-refractivity contribution in [3.8, 4) is 5.88 Å². The van der Waals surface area contributed by atoms with Crippen LogP contribution in [0.3, 0.4) is 0 Å². The molecule has 0 bridgehead atoms. The van der Waals surface area contributed by atoms with Gasteiger partial charge in [0, 0.05) is 29.1 Å². The minimum atomic E-state index is -0.103. The lowest BCUT2D eigenvalue weighted by Crippen LogP contribution is -2.02. The van der Waals surface area contributed by atoms with Crippen LogP contribution in [0.4, 0.5) is 0 Å². The first-order valence-electron chi connectivity index (χ1n) is 6.37. The molecule has 0 aliphatic heterocycles. The summed E-state index contributed by atoms with van der Waals surface area (Å²) in [4.78, 5) is 16.3. The second kappa shape index (κ2) is 5.58. The van der Waals surface area contributed by atoms with Crippen LogP contribution in [0.5, 0.6) is 5.88 Å². The predicted octanol–water partition coefficient (Wildman–Crippen LogP) is 3.92. The third-order valence-corrected chi connectivity index (χ3v) is 3.36. The number of pyridine rings is 1. The second-order valence-corrected chi connectivity index (χ2v) is 5.04. The molecule has 0 spiro atoms. The molecule has 0 radical (unpaired) electrons. The number of hydrogen-bond donors (Lipinski definition) is 0. The van der Waals surface area contributed by atoms with Gasteiger partial charge in [0.25, 0.3) is 0 Å². The number of furan rings is 1. The maximum absolute atomic E-state index is 12.2. The number of nitrogens with zero attached hydrogens (tertiary/aromatic N) is 1. The predicted molar refractivity (Wildman–Crippen MR) is 80.0 cm³/mol. The van der Waals surface area contributed by atoms with Crippen molar-refractivity contribution >= 4 is 28.4 Å². The van der Waals surface area contributed by atoms with E-state index in [1.54, 1.807) is 43.6 Å². The summed E-state index contributed by atoms with van der Waals surface area (Å²) < 4.78 is 10.5. The molecule has 0 saturated heterocycles. The van der Waals surface area contributed by atoms with Crippen LogP contribution in [0.25, 0.3) is 11.0 Å². The van der Waals surface area contributed by atoms with E-state index in [0.717, 1.165) is 10.9 Å². The number of carbonyl (C=O) groups excluding carboxylic acids is 1. The molecule has 3 rings (SSSR count). The lowest BCUT2D eigenvalue weighted by atomic mass is 10.1. The Bertz CT molecular complexity index is 793. The standard InChI is InChI=1S/C16H12ClNO3/c1-20-16-5-2-10(9-18-16)6-13(19)15-8-11-7-12(17)3-4-14(11)21-15/h2-5,7-9H,6H2,1H3. The van der Waals surface area contributed by atoms with Crippen molar-refractivity contribution in [2.24, 2.45) is 0 Å². The van der Waals surface area contributed by atoms with Gasteiger partial charge in [-0.2, -0.15) is 0 Å². The Kier molecular flexibility index (Phi) is 3.62. The molecular formula is C16H12ClNO3. The van der Waals surface area contributed by atoms with Gasteiger partial charge in [-0.1, -0.05) is 17.7 Å². The Morgan fingerprint density at radius 1 is 1.29 bits per heavy atom. The lowest BCUT2D eigenvalue weighted by Gasteiger charge is -2.00. The number of rotatable bonds is 4. The summed E-state index contributed by atoms with van der Waals surface area (Å²) in [6.45, 7) is 0. The molecule has 0 aliphatic rings. The van der Waals surface area contributed by atoms with Crippen molar-refractivity contribution in [3.63, 3.8) is 0 Å². The van der Waals surface area contributed by atoms with Gasteiger partial charge in [0.15, 0.2) is 5.76 Å². The minimum absolute atomic E-state index is 0.103. The molecule has 3 aromatic rings. The van der Waals surface area contributed by atoms with E-state index in [1.165, 1.54) is 0 Å². The number of benzene rings is 1. The highest BCUT2D eigenvalue weighted by Gasteiger charge is 2.13. The van der Waals surface area contributed by atoms with Crippen molar-refractivity contribution in [2.75, 3.05) is 7.11 Å². The van der Waals surface area contributed by atoms with Crippen molar-refractivity contribution in [1.29, 1.82) is 0 Å². The Morgan fingerprint density at radius 2 is 2.14 bits per heavy atom. The second-order valence-electron chi connectivity index (χ2n) is 4.60. The number of methoxy groups -OCH3 is 1. The topological polar surface area (TPSA) is 52.3 Å². The summed E-state index contributed by atoms with van der Waals surface area (Å²) in [5, 5.41) is 1.43. The number of hydrogen-bond acceptors (Lipinski definition) is 4. The molecule has 0 amide bonds. The molecule has 0 fully saturated rings. The molecule has 4 nitrogen and oxygen atoms in total. The van der Waals surface area contributed by atoms with Gasteiger partial charge < -0.3 is 9.15 Å². The lowest BCUT2D eigenvalue weighted by molar-refractivity contribution is 0.0968. The smallest absolute Gasteiger partial charge is 0.212 e. The van der Waals surface area contributed by atoms with Crippen LogP contribution in [0, 0.1) is 0 Å². The first-order chi connectivity index (χ1) is 10.2. The fraction of sp³-hybridized carbons (Fsp3) is 0.125. The van der Waals surface area contributed by atoms with Crippen molar-refractivity contribution in [2.45, 2.75) is 6.42 Å². The van der Waals surface area contributed by atoms with Gasteiger partial charge in [0.05, 0.1) is 7.11 Å². The van der Waals surface area contributed by atoms with Crippen molar-refractivity contribution in [1.82, 2.24) is 4.98 Å². The summed E-state index contributed by atoms with van der Waals surface area (Å²) in [6.07, 6.45) is 1.85. The highest BCUT2D eigenvalue weighted by molar-refractivity contribution is 6.31. The first-order valence-corrected chi connectivity index (χ1v) is 6.75. The number of fused-ring (bicyclic) bond motifs is 1. The van der Waals surface area contributed by atoms with Gasteiger partial charge in [0.2, 0.25) is 11.7 Å². The zero-order valence-corrected chi connectivity index (χ0v) is 12.1. The normalized spacial score (nSPS) is 10.8. The maximum atomic E-state index is 12.2. The average molecular weight is 302 g/mol. The molecule has 21 heavy (non-hydrogen) atoms. The highest BCUT2D eigenvalue weighted by Crippen LogP contribution is 2.24. The number of ether oxygens (including phenoxy) is 1. The van der Waals surface area contributed by atoms with Crippen LogP contribution in [0.1, 0.15) is 16.1 Å². The molecule has 0 aliphatic carbocycles. The summed E-state index contributed by atoms with van der Waals surface area (Å²) in [5.41, 5.74) is 1.45. The van der Waals surface area contributed by atoms with Crippen molar-refractivity contribution < 1.29 is 13.9 Å². The van der Waals surface area contributed by atoms with E-state index >= 15 is 0 Å². The van der Waals surface area contributed by atoms with Gasteiger partial charge in [-0.25, -0.2) is 4.98 Å². The Balaban J connectivity index is 1.82. The zero-order chi connectivity index (χ0) is 14.8. The summed E-state index contributed by atoms with van der Waals surface area (Å²) >= 11 is 5.92. The molecule has 2 aromatic heterocycles. The highest BCUT2D eigenvalue weighted by atomic mass is 35.5. The van der Waals surface area contributed by atoms with Gasteiger partial charge in [-0.05, 0) is 29.8 Å². The minimum Gasteiger partial charge on any atom is -0.481 e. The van der Waals surface area contributed by atoms with Gasteiger partial charge in [-0.15, -0.1) is 0 Å². The molecule has 0 atom stereocenters. The SMILES string of the molecule is COc1ccc(CC(=O)c2cc3cc(Cl)ccc3o2)cn1. The Hall–Kier alpha value is -2.33. The average Bonchev–Trinajstić information content (AvgIpc) is 2.91. The summed E-state index contributed by atoms with van der Waals surface area (Å²) in [6, 6.07) is 10.5. The Morgan fingerprint density at radius 3 is 2.86 bits per heavy atom. The fourth-order valence-corrected chi connectivity index (χ4v) is 2.24. The quantitative estimate of drug-likeness (QED) is 0.685. The molecule has 1 aromatic carbocycles. The van der Waals surface area contributed by atoms with Crippen LogP contribution in [0.2, 0.25) is 5.02 Å². The van der Waals surface area contributed by atoms with Crippen LogP contribution < -0.4 is 4.74 Å². The molecular weight excluding hydrogens is 290 g/mol. The largest absolute Gasteiger partial charge is 0.481 e. The molecule has 106 valence electrons. The van der Waals surface area contributed by atoms with Crippen LogP contribution in [-0.2, 0) is 6.42 Å². The van der Waals surface area contributed by atoms with Crippen molar-refractivity contribution in [3.05, 3.63) is 58.9 Å². The number of ketones is 1. The summed E-state index contributed by atoms with van der Waals surface area (Å²) in [7, 11) is 1.55. The zero-order valence-electron chi connectivity index (χ0n) is 11.3. The monoisotopic (exact) mass is 301 g/mol. The van der Waals surface area contributed by atoms with E-state index in [1.807, 2.05) is 6.07 Å². The number of aromatic nitrogens is 1. The number of carbonyl (C=O) groups is 1. The van der Waals surface area contributed by atoms with Crippen LogP contribution in [-0.4, -0.2) is 17.9 Å². The fourth-order valence-electron chi connectivity index (χ4n) is 2.06. The molecule has 0 unspecified atom stereocenters. The third-order valence-electron chi connectivity index (χ3n) is 3.12. The number of halogens is 1. The summed E-state index contributed by atoms with van der Waals surface area (Å²) in [5.74, 6) is 0.738. The van der Waals surface area contributed by atoms with Gasteiger partial charge >= 0.3 is 0 Å². The van der Waals surface area contributed by atoms with Gasteiger partial charge in [-0.3, -0.25) is 4.79 Å². The van der Waals surface area contributed by atoms with E-state index in [0.29, 0.717) is 22.2 Å². The Labute approximate surface area is 126 Å². The molecule has 0 N–H and O–H groups in total. The van der Waals surface area contributed by atoms with E-state index < -0.39 is 0 Å². The van der Waals surface area contributed by atoms with Crippen LogP contribution >= 0.6 is 11.6 Å². The maximum Gasteiger partial charge on any atom is 0.212 e. The number of Topliss-reactive ketones (excluding diaryl/α,β-unsaturated/α-hetero) is 1. The van der Waals surface area contributed by atoms with E-state index in [9.17, 15) is 4.79 Å². The molecule has 0 saturated carbocycles. The van der Waals surface area contributed by atoms with Crippen LogP contribution in [0.15, 0.2) is 47.0 Å². The third kappa shape index (κ3) is 2.90.